The van der Waals surface area contributed by atoms with Gasteiger partial charge in [-0.05, 0) is 6.92 Å². The van der Waals surface area contributed by atoms with Crippen LogP contribution in [-0.2, 0) is 0 Å². The topological polar surface area (TPSA) is 3.01 Å². The van der Waals surface area contributed by atoms with Crippen molar-refractivity contribution in [1.82, 2.24) is 4.90 Å². The molecule has 1 nitrogen and oxygen atoms in total. The maximum absolute atomic E-state index is 5.12. The van der Waals surface area contributed by atoms with E-state index >= 15 is 0 Å². The molecule has 1 aliphatic heterocycles. The van der Waals surface area contributed by atoms with Gasteiger partial charge in [-0.25, -0.2) is 0 Å². The summed E-state index contributed by atoms with van der Waals surface area (Å²) in [5, 5.41) is 0. The van der Waals surface area contributed by atoms with E-state index in [-0.39, 0.29) is 0 Å². The predicted octanol–water partition coefficient (Wildman–Crippen LogP) is 0.324. The quantitative estimate of drug-likeness (QED) is 0.335. The molecule has 0 aromatic heterocycles. The van der Waals surface area contributed by atoms with Crippen LogP contribution in [0.15, 0.2) is 0 Å². The van der Waals surface area contributed by atoms with Gasteiger partial charge < -0.3 is 0 Å². The Balaban J connectivity index is 2.27. The van der Waals surface area contributed by atoms with Crippen molar-refractivity contribution in [2.75, 3.05) is 13.1 Å². The number of nitrogens with zero attached hydrogens (tertiary/aromatic N) is 1. The third-order valence-electron chi connectivity index (χ3n) is 1.27. The number of terminal acetylenes is 1. The lowest BCUT2D eigenvalue weighted by Crippen LogP contribution is -2.09. The fourth-order valence-corrected chi connectivity index (χ4v) is 0.550. The maximum atomic E-state index is 5.12. The minimum Gasteiger partial charge on any atom is -0.287 e. The Bertz CT molecular complexity index is 97.2. The lowest BCUT2D eigenvalue weighted by molar-refractivity contribution is 0.514. The zero-order chi connectivity index (χ0) is 5.28. The summed E-state index contributed by atoms with van der Waals surface area (Å²) in [6, 6.07) is 0.375. The molecular weight excluding hydrogens is 86.1 g/mol. The van der Waals surface area contributed by atoms with E-state index in [4.69, 9.17) is 6.42 Å². The van der Waals surface area contributed by atoms with Gasteiger partial charge in [0.25, 0.3) is 0 Å². The van der Waals surface area contributed by atoms with Gasteiger partial charge in [-0.15, -0.1) is 6.42 Å². The summed E-state index contributed by atoms with van der Waals surface area (Å²) in [6.07, 6.45) is 5.12. The SMILES string of the molecule is C#CC(C)N1CC1. The molecule has 1 heterocycles. The highest BCUT2D eigenvalue weighted by Gasteiger charge is 2.21. The minimum absolute atomic E-state index is 0.375. The zero-order valence-corrected chi connectivity index (χ0v) is 4.52. The molecule has 38 valence electrons. The second-order valence-corrected chi connectivity index (χ2v) is 1.88. The molecule has 1 fully saturated rings. The second kappa shape index (κ2) is 1.55. The molecule has 0 aromatic carbocycles. The minimum atomic E-state index is 0.375. The molecule has 1 unspecified atom stereocenters. The van der Waals surface area contributed by atoms with Crippen LogP contribution in [0, 0.1) is 12.3 Å². The van der Waals surface area contributed by atoms with Gasteiger partial charge in [0.05, 0.1) is 6.04 Å². The van der Waals surface area contributed by atoms with Crippen LogP contribution in [0.25, 0.3) is 0 Å². The molecule has 0 amide bonds. The van der Waals surface area contributed by atoms with Crippen LogP contribution in [0.5, 0.6) is 0 Å². The Hall–Kier alpha value is -0.480. The van der Waals surface area contributed by atoms with Gasteiger partial charge >= 0.3 is 0 Å². The van der Waals surface area contributed by atoms with Crippen molar-refractivity contribution in [2.45, 2.75) is 13.0 Å². The summed E-state index contributed by atoms with van der Waals surface area (Å²) in [6.45, 7) is 4.45. The summed E-state index contributed by atoms with van der Waals surface area (Å²) in [7, 11) is 0. The van der Waals surface area contributed by atoms with Crippen molar-refractivity contribution in [1.29, 1.82) is 0 Å². The van der Waals surface area contributed by atoms with Gasteiger partial charge in [-0.3, -0.25) is 4.90 Å². The first-order chi connectivity index (χ1) is 3.34. The van der Waals surface area contributed by atoms with Crippen molar-refractivity contribution in [3.05, 3.63) is 0 Å². The molecular formula is C6H9N. The average molecular weight is 95.1 g/mol. The number of hydrogen-bond acceptors (Lipinski definition) is 1. The third kappa shape index (κ3) is 0.942. The largest absolute Gasteiger partial charge is 0.287 e. The zero-order valence-electron chi connectivity index (χ0n) is 4.52. The maximum Gasteiger partial charge on any atom is 0.0684 e. The van der Waals surface area contributed by atoms with Crippen molar-refractivity contribution >= 4 is 0 Å². The Morgan fingerprint density at radius 3 is 2.43 bits per heavy atom. The monoisotopic (exact) mass is 95.1 g/mol. The van der Waals surface area contributed by atoms with Crippen LogP contribution in [0.3, 0.4) is 0 Å². The average Bonchev–Trinajstić information content (AvgIpc) is 2.44. The summed E-state index contributed by atoms with van der Waals surface area (Å²) in [5.74, 6) is 2.65. The van der Waals surface area contributed by atoms with Gasteiger partial charge in [0.2, 0.25) is 0 Å². The third-order valence-corrected chi connectivity index (χ3v) is 1.27. The van der Waals surface area contributed by atoms with Crippen LogP contribution in [0.1, 0.15) is 6.92 Å². The molecule has 0 N–H and O–H groups in total. The normalized spacial score (nSPS) is 23.4. The first-order valence-corrected chi connectivity index (χ1v) is 2.55. The molecule has 1 heteroatoms. The van der Waals surface area contributed by atoms with E-state index in [9.17, 15) is 0 Å². The highest BCUT2D eigenvalue weighted by atomic mass is 15.3. The van der Waals surface area contributed by atoms with Gasteiger partial charge in [0, 0.05) is 13.1 Å². The van der Waals surface area contributed by atoms with Gasteiger partial charge in [-0.1, -0.05) is 5.92 Å². The van der Waals surface area contributed by atoms with Crippen LogP contribution < -0.4 is 0 Å². The van der Waals surface area contributed by atoms with E-state index in [1.54, 1.807) is 0 Å². The first kappa shape index (κ1) is 4.67. The Kier molecular flexibility index (Phi) is 1.04. The van der Waals surface area contributed by atoms with E-state index < -0.39 is 0 Å². The Morgan fingerprint density at radius 2 is 2.29 bits per heavy atom. The Morgan fingerprint density at radius 1 is 1.71 bits per heavy atom. The molecule has 0 radical (unpaired) electrons. The van der Waals surface area contributed by atoms with Gasteiger partial charge in [0.1, 0.15) is 0 Å². The molecule has 0 aromatic rings. The highest BCUT2D eigenvalue weighted by Crippen LogP contribution is 2.07. The van der Waals surface area contributed by atoms with Crippen molar-refractivity contribution < 1.29 is 0 Å². The molecule has 7 heavy (non-hydrogen) atoms. The summed E-state index contributed by atoms with van der Waals surface area (Å²) in [5.41, 5.74) is 0. The van der Waals surface area contributed by atoms with Crippen LogP contribution in [0.2, 0.25) is 0 Å². The van der Waals surface area contributed by atoms with E-state index in [2.05, 4.69) is 10.8 Å². The second-order valence-electron chi connectivity index (χ2n) is 1.88. The van der Waals surface area contributed by atoms with Crippen LogP contribution >= 0.6 is 0 Å². The van der Waals surface area contributed by atoms with Crippen molar-refractivity contribution in [3.8, 4) is 12.3 Å². The van der Waals surface area contributed by atoms with E-state index in [1.165, 1.54) is 13.1 Å². The van der Waals surface area contributed by atoms with Crippen molar-refractivity contribution in [3.63, 3.8) is 0 Å². The molecule has 0 aliphatic carbocycles. The molecule has 0 spiro atoms. The molecule has 1 atom stereocenters. The molecule has 1 rings (SSSR count). The molecule has 1 saturated heterocycles. The number of hydrogen-bond donors (Lipinski definition) is 0. The lowest BCUT2D eigenvalue weighted by Gasteiger charge is -1.99. The molecule has 1 aliphatic rings. The summed E-state index contributed by atoms with van der Waals surface area (Å²) >= 11 is 0. The Labute approximate surface area is 44.3 Å². The number of rotatable bonds is 1. The van der Waals surface area contributed by atoms with E-state index in [1.807, 2.05) is 6.92 Å². The molecule has 0 bridgehead atoms. The first-order valence-electron chi connectivity index (χ1n) is 2.55. The summed E-state index contributed by atoms with van der Waals surface area (Å²) in [4.78, 5) is 2.24. The van der Waals surface area contributed by atoms with E-state index in [0.29, 0.717) is 6.04 Å². The fraction of sp³-hybridized carbons (Fsp3) is 0.667. The standard InChI is InChI=1S/C6H9N/c1-3-6(2)7-4-5-7/h1,6H,4-5H2,2H3. The van der Waals surface area contributed by atoms with Gasteiger partial charge in [-0.2, -0.15) is 0 Å². The predicted molar refractivity (Wildman–Crippen MR) is 29.9 cm³/mol. The van der Waals surface area contributed by atoms with Crippen molar-refractivity contribution in [2.24, 2.45) is 0 Å². The highest BCUT2D eigenvalue weighted by molar-refractivity contribution is 5.00. The summed E-state index contributed by atoms with van der Waals surface area (Å²) < 4.78 is 0. The smallest absolute Gasteiger partial charge is 0.0684 e. The lowest BCUT2D eigenvalue weighted by atomic mass is 10.4. The van der Waals surface area contributed by atoms with E-state index in [0.717, 1.165) is 0 Å². The van der Waals surface area contributed by atoms with Crippen LogP contribution in [-0.4, -0.2) is 24.0 Å². The van der Waals surface area contributed by atoms with Gasteiger partial charge in [0.15, 0.2) is 0 Å². The fourth-order valence-electron chi connectivity index (χ4n) is 0.550. The molecule has 0 saturated carbocycles. The van der Waals surface area contributed by atoms with Crippen LogP contribution in [0.4, 0.5) is 0 Å².